The van der Waals surface area contributed by atoms with Crippen molar-refractivity contribution in [3.63, 3.8) is 0 Å². The van der Waals surface area contributed by atoms with E-state index in [1.807, 2.05) is 31.2 Å². The van der Waals surface area contributed by atoms with Crippen molar-refractivity contribution in [1.82, 2.24) is 0 Å². The topological polar surface area (TPSA) is 29.5 Å². The predicted molar refractivity (Wildman–Crippen MR) is 68.7 cm³/mol. The summed E-state index contributed by atoms with van der Waals surface area (Å²) in [6.07, 6.45) is 1.64. The van der Waals surface area contributed by atoms with Crippen molar-refractivity contribution < 1.29 is 9.53 Å². The van der Waals surface area contributed by atoms with Gasteiger partial charge in [0.1, 0.15) is 0 Å². The van der Waals surface area contributed by atoms with E-state index in [1.165, 1.54) is 0 Å². The molecule has 1 aliphatic rings. The van der Waals surface area contributed by atoms with Gasteiger partial charge in [-0.05, 0) is 25.5 Å². The zero-order valence-electron chi connectivity index (χ0n) is 10.3. The van der Waals surface area contributed by atoms with Crippen LogP contribution in [0.2, 0.25) is 0 Å². The molecule has 1 aliphatic heterocycles. The van der Waals surface area contributed by atoms with E-state index < -0.39 is 0 Å². The molecule has 3 nitrogen and oxygen atoms in total. The lowest BCUT2D eigenvalue weighted by Gasteiger charge is -2.30. The number of nitrogens with zero attached hydrogens (tertiary/aromatic N) is 1. The lowest BCUT2D eigenvalue weighted by atomic mass is 10.0. The Labute approximate surface area is 102 Å². The van der Waals surface area contributed by atoms with Crippen LogP contribution in [0.5, 0.6) is 0 Å². The molecular weight excluding hydrogens is 214 g/mol. The molecule has 0 aromatic heterocycles. The molecule has 0 radical (unpaired) electrons. The number of benzene rings is 1. The predicted octanol–water partition coefficient (Wildman–Crippen LogP) is 2.51. The standard InChI is InChI=1S/C14H19NO2/c1-2-17-11-5-9-15-10-8-14(16)12-6-3-4-7-13(12)15/h3-4,6-7H,2,5,8-11H2,1H3. The highest BCUT2D eigenvalue weighted by molar-refractivity contribution is 6.03. The molecule has 0 unspecified atom stereocenters. The lowest BCUT2D eigenvalue weighted by molar-refractivity contribution is 0.0979. The largest absolute Gasteiger partial charge is 0.382 e. The second-order valence-electron chi connectivity index (χ2n) is 4.23. The number of carbonyl (C=O) groups excluding carboxylic acids is 1. The van der Waals surface area contributed by atoms with E-state index in [0.717, 1.165) is 44.0 Å². The van der Waals surface area contributed by atoms with Crippen molar-refractivity contribution in [2.75, 3.05) is 31.2 Å². The Morgan fingerprint density at radius 2 is 2.18 bits per heavy atom. The van der Waals surface area contributed by atoms with Crippen molar-refractivity contribution in [2.45, 2.75) is 19.8 Å². The summed E-state index contributed by atoms with van der Waals surface area (Å²) in [5.74, 6) is 0.265. The van der Waals surface area contributed by atoms with Gasteiger partial charge in [0.2, 0.25) is 0 Å². The molecule has 0 aliphatic carbocycles. The molecule has 0 saturated heterocycles. The number of hydrogen-bond acceptors (Lipinski definition) is 3. The summed E-state index contributed by atoms with van der Waals surface area (Å²) in [4.78, 5) is 14.0. The summed E-state index contributed by atoms with van der Waals surface area (Å²) in [7, 11) is 0. The van der Waals surface area contributed by atoms with Crippen LogP contribution in [0, 0.1) is 0 Å². The zero-order chi connectivity index (χ0) is 12.1. The maximum Gasteiger partial charge on any atom is 0.166 e. The normalized spacial score (nSPS) is 14.9. The van der Waals surface area contributed by atoms with Gasteiger partial charge in [-0.25, -0.2) is 0 Å². The average Bonchev–Trinajstić information content (AvgIpc) is 2.37. The summed E-state index contributed by atoms with van der Waals surface area (Å²) in [6.45, 7) is 5.37. The average molecular weight is 233 g/mol. The summed E-state index contributed by atoms with van der Waals surface area (Å²) in [6, 6.07) is 7.88. The molecule has 0 saturated carbocycles. The first kappa shape index (κ1) is 12.1. The third kappa shape index (κ3) is 2.86. The molecule has 0 bridgehead atoms. The van der Waals surface area contributed by atoms with Gasteiger partial charge >= 0.3 is 0 Å². The fraction of sp³-hybridized carbons (Fsp3) is 0.500. The quantitative estimate of drug-likeness (QED) is 0.732. The maximum atomic E-state index is 11.8. The van der Waals surface area contributed by atoms with Crippen LogP contribution in [-0.2, 0) is 4.74 Å². The molecule has 0 N–H and O–H groups in total. The van der Waals surface area contributed by atoms with Crippen LogP contribution in [0.25, 0.3) is 0 Å². The number of para-hydroxylation sites is 1. The molecule has 0 atom stereocenters. The Morgan fingerprint density at radius 1 is 1.35 bits per heavy atom. The number of anilines is 1. The minimum Gasteiger partial charge on any atom is -0.382 e. The first-order chi connectivity index (χ1) is 8.33. The van der Waals surface area contributed by atoms with E-state index in [0.29, 0.717) is 6.42 Å². The van der Waals surface area contributed by atoms with E-state index in [4.69, 9.17) is 4.74 Å². The third-order valence-electron chi connectivity index (χ3n) is 3.07. The zero-order valence-corrected chi connectivity index (χ0v) is 10.3. The summed E-state index contributed by atoms with van der Waals surface area (Å²) >= 11 is 0. The van der Waals surface area contributed by atoms with Crippen molar-refractivity contribution in [3.05, 3.63) is 29.8 Å². The van der Waals surface area contributed by atoms with Gasteiger partial charge in [-0.15, -0.1) is 0 Å². The number of Topliss-reactive ketones (excluding diaryl/α,β-unsaturated/α-hetero) is 1. The van der Waals surface area contributed by atoms with Gasteiger partial charge < -0.3 is 9.64 Å². The highest BCUT2D eigenvalue weighted by Crippen LogP contribution is 2.26. The van der Waals surface area contributed by atoms with Crippen LogP contribution in [0.15, 0.2) is 24.3 Å². The maximum absolute atomic E-state index is 11.8. The summed E-state index contributed by atoms with van der Waals surface area (Å²) in [5, 5.41) is 0. The van der Waals surface area contributed by atoms with Gasteiger partial charge in [0, 0.05) is 44.0 Å². The second-order valence-corrected chi connectivity index (χ2v) is 4.23. The molecule has 2 rings (SSSR count). The van der Waals surface area contributed by atoms with Gasteiger partial charge in [-0.3, -0.25) is 4.79 Å². The highest BCUT2D eigenvalue weighted by atomic mass is 16.5. The molecule has 1 aromatic carbocycles. The van der Waals surface area contributed by atoms with Crippen LogP contribution in [0.3, 0.4) is 0 Å². The molecule has 3 heteroatoms. The highest BCUT2D eigenvalue weighted by Gasteiger charge is 2.21. The summed E-state index contributed by atoms with van der Waals surface area (Å²) < 4.78 is 5.34. The van der Waals surface area contributed by atoms with E-state index >= 15 is 0 Å². The number of ketones is 1. The van der Waals surface area contributed by atoms with Gasteiger partial charge in [0.15, 0.2) is 5.78 Å². The number of ether oxygens (including phenoxy) is 1. The molecular formula is C14H19NO2. The molecule has 0 spiro atoms. The number of rotatable bonds is 5. The molecule has 92 valence electrons. The smallest absolute Gasteiger partial charge is 0.166 e. The van der Waals surface area contributed by atoms with Gasteiger partial charge in [0.05, 0.1) is 0 Å². The number of carbonyl (C=O) groups is 1. The molecule has 0 fully saturated rings. The first-order valence-corrected chi connectivity index (χ1v) is 6.28. The van der Waals surface area contributed by atoms with Crippen LogP contribution in [-0.4, -0.2) is 32.1 Å². The Balaban J connectivity index is 2.00. The fourth-order valence-corrected chi connectivity index (χ4v) is 2.21. The first-order valence-electron chi connectivity index (χ1n) is 6.28. The summed E-state index contributed by atoms with van der Waals surface area (Å²) in [5.41, 5.74) is 1.95. The minimum absolute atomic E-state index is 0.265. The van der Waals surface area contributed by atoms with Crippen molar-refractivity contribution >= 4 is 11.5 Å². The Bertz CT molecular complexity index is 390. The van der Waals surface area contributed by atoms with Gasteiger partial charge in [0.25, 0.3) is 0 Å². The van der Waals surface area contributed by atoms with Crippen LogP contribution >= 0.6 is 0 Å². The molecule has 1 aromatic rings. The van der Waals surface area contributed by atoms with Crippen LogP contribution < -0.4 is 4.90 Å². The van der Waals surface area contributed by atoms with E-state index in [2.05, 4.69) is 4.90 Å². The molecule has 17 heavy (non-hydrogen) atoms. The fourth-order valence-electron chi connectivity index (χ4n) is 2.21. The SMILES string of the molecule is CCOCCCN1CCC(=O)c2ccccc21. The second kappa shape index (κ2) is 5.82. The number of fused-ring (bicyclic) bond motifs is 1. The van der Waals surface area contributed by atoms with Crippen LogP contribution in [0.4, 0.5) is 5.69 Å². The van der Waals surface area contributed by atoms with Gasteiger partial charge in [-0.2, -0.15) is 0 Å². The molecule has 0 amide bonds. The van der Waals surface area contributed by atoms with Gasteiger partial charge in [-0.1, -0.05) is 12.1 Å². The monoisotopic (exact) mass is 233 g/mol. The Morgan fingerprint density at radius 3 is 3.00 bits per heavy atom. The molecule has 1 heterocycles. The Hall–Kier alpha value is -1.35. The van der Waals surface area contributed by atoms with Crippen molar-refractivity contribution in [2.24, 2.45) is 0 Å². The van der Waals surface area contributed by atoms with E-state index in [9.17, 15) is 4.79 Å². The van der Waals surface area contributed by atoms with Crippen molar-refractivity contribution in [3.8, 4) is 0 Å². The van der Waals surface area contributed by atoms with E-state index in [-0.39, 0.29) is 5.78 Å². The van der Waals surface area contributed by atoms with E-state index in [1.54, 1.807) is 0 Å². The third-order valence-corrected chi connectivity index (χ3v) is 3.07. The number of hydrogen-bond donors (Lipinski definition) is 0. The Kier molecular flexibility index (Phi) is 4.15. The lowest BCUT2D eigenvalue weighted by Crippen LogP contribution is -2.33. The van der Waals surface area contributed by atoms with Crippen LogP contribution in [0.1, 0.15) is 30.1 Å². The minimum atomic E-state index is 0.265. The van der Waals surface area contributed by atoms with Crippen molar-refractivity contribution in [1.29, 1.82) is 0 Å².